The van der Waals surface area contributed by atoms with Crippen molar-refractivity contribution < 1.29 is 0 Å². The first kappa shape index (κ1) is 15.5. The van der Waals surface area contributed by atoms with Crippen molar-refractivity contribution in [3.05, 3.63) is 47.0 Å². The van der Waals surface area contributed by atoms with E-state index in [1.165, 1.54) is 10.7 Å². The molecule has 0 aliphatic heterocycles. The molecule has 0 bridgehead atoms. The van der Waals surface area contributed by atoms with Crippen molar-refractivity contribution in [2.45, 2.75) is 31.3 Å². The maximum atomic E-state index is 11.7. The number of halogens is 1. The SMILES string of the molecule is Cl.N[C@H]1CC[C@H](Nc2ccc(-n3ncccc3=O)cn2)C1. The van der Waals surface area contributed by atoms with Gasteiger partial charge in [-0.05, 0) is 37.5 Å². The highest BCUT2D eigenvalue weighted by atomic mass is 35.5. The first-order valence-electron chi connectivity index (χ1n) is 6.75. The highest BCUT2D eigenvalue weighted by Gasteiger charge is 2.21. The molecule has 2 aromatic rings. The van der Waals surface area contributed by atoms with E-state index in [1.54, 1.807) is 18.5 Å². The van der Waals surface area contributed by atoms with Crippen LogP contribution in [0.4, 0.5) is 5.82 Å². The molecule has 6 nitrogen and oxygen atoms in total. The number of pyridine rings is 1. The van der Waals surface area contributed by atoms with Gasteiger partial charge in [0.25, 0.3) is 5.56 Å². The lowest BCUT2D eigenvalue weighted by Gasteiger charge is -2.13. The Kier molecular flexibility index (Phi) is 4.93. The Bertz CT molecular complexity index is 642. The molecule has 1 aliphatic rings. The Labute approximate surface area is 128 Å². The minimum atomic E-state index is -0.170. The van der Waals surface area contributed by atoms with Gasteiger partial charge in [-0.2, -0.15) is 9.78 Å². The van der Waals surface area contributed by atoms with E-state index in [-0.39, 0.29) is 18.0 Å². The Morgan fingerprint density at radius 3 is 2.76 bits per heavy atom. The molecule has 0 unspecified atom stereocenters. The molecule has 0 amide bonds. The van der Waals surface area contributed by atoms with Crippen LogP contribution >= 0.6 is 12.4 Å². The molecule has 2 heterocycles. The van der Waals surface area contributed by atoms with E-state index in [0.29, 0.717) is 17.8 Å². The number of nitrogens with two attached hydrogens (primary N) is 1. The van der Waals surface area contributed by atoms with Crippen molar-refractivity contribution in [3.8, 4) is 5.69 Å². The van der Waals surface area contributed by atoms with Gasteiger partial charge in [-0.15, -0.1) is 12.4 Å². The van der Waals surface area contributed by atoms with Crippen molar-refractivity contribution >= 4 is 18.2 Å². The zero-order valence-electron chi connectivity index (χ0n) is 11.5. The van der Waals surface area contributed by atoms with Crippen molar-refractivity contribution in [3.63, 3.8) is 0 Å². The third kappa shape index (κ3) is 3.59. The molecule has 1 saturated carbocycles. The normalized spacial score (nSPS) is 20.8. The Hall–Kier alpha value is -1.92. The van der Waals surface area contributed by atoms with E-state index in [4.69, 9.17) is 5.73 Å². The molecule has 0 aromatic carbocycles. The molecule has 112 valence electrons. The Balaban J connectivity index is 0.00000161. The molecule has 1 aliphatic carbocycles. The van der Waals surface area contributed by atoms with Crippen LogP contribution in [0.5, 0.6) is 0 Å². The van der Waals surface area contributed by atoms with Crippen LogP contribution in [0.1, 0.15) is 19.3 Å². The van der Waals surface area contributed by atoms with E-state index in [9.17, 15) is 4.79 Å². The third-order valence-corrected chi connectivity index (χ3v) is 3.53. The predicted molar refractivity (Wildman–Crippen MR) is 84.1 cm³/mol. The minimum absolute atomic E-state index is 0. The number of hydrogen-bond acceptors (Lipinski definition) is 5. The zero-order chi connectivity index (χ0) is 13.9. The van der Waals surface area contributed by atoms with Gasteiger partial charge in [-0.25, -0.2) is 4.98 Å². The molecule has 0 radical (unpaired) electrons. The maximum absolute atomic E-state index is 11.7. The van der Waals surface area contributed by atoms with E-state index in [1.807, 2.05) is 12.1 Å². The molecule has 21 heavy (non-hydrogen) atoms. The standard InChI is InChI=1S/C14H17N5O.ClH/c15-10-3-4-11(8-10)18-13-6-5-12(9-16-13)19-14(20)2-1-7-17-19;/h1-2,5-7,9-11H,3-4,8,15H2,(H,16,18);1H/t10-,11-;/m0./s1. The average Bonchev–Trinajstić information content (AvgIpc) is 2.86. The van der Waals surface area contributed by atoms with Crippen LogP contribution in [0.25, 0.3) is 5.69 Å². The minimum Gasteiger partial charge on any atom is -0.367 e. The summed E-state index contributed by atoms with van der Waals surface area (Å²) >= 11 is 0. The highest BCUT2D eigenvalue weighted by Crippen LogP contribution is 2.21. The molecule has 7 heteroatoms. The summed E-state index contributed by atoms with van der Waals surface area (Å²) in [5, 5.41) is 7.38. The molecule has 2 aromatic heterocycles. The number of rotatable bonds is 3. The smallest absolute Gasteiger partial charge is 0.271 e. The van der Waals surface area contributed by atoms with E-state index < -0.39 is 0 Å². The second-order valence-electron chi connectivity index (χ2n) is 5.09. The van der Waals surface area contributed by atoms with Gasteiger partial charge in [-0.1, -0.05) is 0 Å². The van der Waals surface area contributed by atoms with Gasteiger partial charge in [0.15, 0.2) is 0 Å². The summed E-state index contributed by atoms with van der Waals surface area (Å²) < 4.78 is 1.32. The summed E-state index contributed by atoms with van der Waals surface area (Å²) in [5.74, 6) is 0.803. The van der Waals surface area contributed by atoms with Gasteiger partial charge in [0.05, 0.1) is 11.9 Å². The van der Waals surface area contributed by atoms with Gasteiger partial charge in [0.2, 0.25) is 0 Å². The largest absolute Gasteiger partial charge is 0.367 e. The number of anilines is 1. The fourth-order valence-electron chi connectivity index (χ4n) is 2.51. The van der Waals surface area contributed by atoms with Crippen LogP contribution in [0.3, 0.4) is 0 Å². The van der Waals surface area contributed by atoms with Gasteiger partial charge < -0.3 is 11.1 Å². The van der Waals surface area contributed by atoms with Crippen LogP contribution in [0, 0.1) is 0 Å². The summed E-state index contributed by atoms with van der Waals surface area (Å²) in [6.45, 7) is 0. The van der Waals surface area contributed by atoms with E-state index >= 15 is 0 Å². The lowest BCUT2D eigenvalue weighted by Crippen LogP contribution is -2.21. The number of aromatic nitrogens is 3. The molecule has 1 fully saturated rings. The summed E-state index contributed by atoms with van der Waals surface area (Å²) in [7, 11) is 0. The fraction of sp³-hybridized carbons (Fsp3) is 0.357. The molecular formula is C14H18ClN5O. The molecule has 0 spiro atoms. The zero-order valence-corrected chi connectivity index (χ0v) is 12.3. The molecule has 3 N–H and O–H groups in total. The van der Waals surface area contributed by atoms with Crippen molar-refractivity contribution in [2.24, 2.45) is 5.73 Å². The first-order chi connectivity index (χ1) is 9.72. The third-order valence-electron chi connectivity index (χ3n) is 3.53. The van der Waals surface area contributed by atoms with Crippen molar-refractivity contribution in [1.29, 1.82) is 0 Å². The molecule has 3 rings (SSSR count). The summed E-state index contributed by atoms with van der Waals surface area (Å²) in [6, 6.07) is 7.46. The lowest BCUT2D eigenvalue weighted by molar-refractivity contribution is 0.686. The summed E-state index contributed by atoms with van der Waals surface area (Å²) in [5.41, 5.74) is 6.38. The topological polar surface area (TPSA) is 85.8 Å². The van der Waals surface area contributed by atoms with Gasteiger partial charge >= 0.3 is 0 Å². The highest BCUT2D eigenvalue weighted by molar-refractivity contribution is 5.85. The van der Waals surface area contributed by atoms with Crippen molar-refractivity contribution in [1.82, 2.24) is 14.8 Å². The van der Waals surface area contributed by atoms with Crippen LogP contribution in [-0.4, -0.2) is 26.8 Å². The number of nitrogens with one attached hydrogen (secondary N) is 1. The van der Waals surface area contributed by atoms with Crippen LogP contribution in [-0.2, 0) is 0 Å². The van der Waals surface area contributed by atoms with Gasteiger partial charge in [0.1, 0.15) is 5.82 Å². The predicted octanol–water partition coefficient (Wildman–Crippen LogP) is 1.34. The monoisotopic (exact) mass is 307 g/mol. The summed E-state index contributed by atoms with van der Waals surface area (Å²) in [4.78, 5) is 16.0. The average molecular weight is 308 g/mol. The van der Waals surface area contributed by atoms with E-state index in [2.05, 4.69) is 15.4 Å². The van der Waals surface area contributed by atoms with E-state index in [0.717, 1.165) is 25.1 Å². The molecule has 0 saturated heterocycles. The number of nitrogens with zero attached hydrogens (tertiary/aromatic N) is 3. The lowest BCUT2D eigenvalue weighted by atomic mass is 10.2. The molecular weight excluding hydrogens is 290 g/mol. The Morgan fingerprint density at radius 1 is 1.29 bits per heavy atom. The fourth-order valence-corrected chi connectivity index (χ4v) is 2.51. The maximum Gasteiger partial charge on any atom is 0.271 e. The second-order valence-corrected chi connectivity index (χ2v) is 5.09. The Morgan fingerprint density at radius 2 is 2.14 bits per heavy atom. The quantitative estimate of drug-likeness (QED) is 0.894. The van der Waals surface area contributed by atoms with Crippen molar-refractivity contribution in [2.75, 3.05) is 5.32 Å². The van der Waals surface area contributed by atoms with Gasteiger partial charge in [0, 0.05) is 24.3 Å². The van der Waals surface area contributed by atoms with Gasteiger partial charge in [-0.3, -0.25) is 4.79 Å². The van der Waals surface area contributed by atoms with Crippen LogP contribution < -0.4 is 16.6 Å². The van der Waals surface area contributed by atoms with Crippen LogP contribution in [0.2, 0.25) is 0 Å². The second kappa shape index (κ2) is 6.69. The van der Waals surface area contributed by atoms with Crippen LogP contribution in [0.15, 0.2) is 41.5 Å². The first-order valence-corrected chi connectivity index (χ1v) is 6.75. The molecule has 2 atom stereocenters. The number of hydrogen-bond donors (Lipinski definition) is 2. The summed E-state index contributed by atoms with van der Waals surface area (Å²) in [6.07, 6.45) is 6.32.